The normalized spacial score (nSPS) is 17.6. The van der Waals surface area contributed by atoms with Crippen LogP contribution in [0.3, 0.4) is 0 Å². The number of nitrogens with two attached hydrogens (primary N) is 1. The highest BCUT2D eigenvalue weighted by Gasteiger charge is 2.27. The molecule has 7 heteroatoms. The van der Waals surface area contributed by atoms with Gasteiger partial charge in [-0.3, -0.25) is 0 Å². The molecule has 3 rings (SSSR count). The van der Waals surface area contributed by atoms with Gasteiger partial charge in [-0.05, 0) is 18.1 Å². The minimum atomic E-state index is -0.579. The second kappa shape index (κ2) is 7.03. The van der Waals surface area contributed by atoms with Crippen LogP contribution in [0.15, 0.2) is 24.3 Å². The number of nitrogens with zero attached hydrogens (tertiary/aromatic N) is 4. The predicted molar refractivity (Wildman–Crippen MR) is 93.3 cm³/mol. The molecule has 0 amide bonds. The van der Waals surface area contributed by atoms with Crippen LogP contribution in [-0.2, 0) is 4.74 Å². The molecule has 1 unspecified atom stereocenters. The van der Waals surface area contributed by atoms with Crippen LogP contribution in [0.25, 0.3) is 11.3 Å². The topological polar surface area (TPSA) is 88.1 Å². The summed E-state index contributed by atoms with van der Waals surface area (Å²) in [5.41, 5.74) is 6.98. The summed E-state index contributed by atoms with van der Waals surface area (Å²) >= 11 is 0. The summed E-state index contributed by atoms with van der Waals surface area (Å²) in [7, 11) is 0. The number of nitriles is 1. The smallest absolute Gasteiger partial charge is 0.222 e. The maximum atomic E-state index is 13.9. The van der Waals surface area contributed by atoms with E-state index in [4.69, 9.17) is 15.7 Å². The van der Waals surface area contributed by atoms with Crippen LogP contribution in [0.5, 0.6) is 0 Å². The Hall–Kier alpha value is -2.72. The van der Waals surface area contributed by atoms with E-state index in [-0.39, 0.29) is 17.6 Å². The van der Waals surface area contributed by atoms with Gasteiger partial charge in [0.05, 0.1) is 30.5 Å². The van der Waals surface area contributed by atoms with Crippen molar-refractivity contribution in [3.63, 3.8) is 0 Å². The van der Waals surface area contributed by atoms with Crippen molar-refractivity contribution >= 4 is 11.8 Å². The molecule has 1 aliphatic rings. The molecule has 0 spiro atoms. The molecule has 1 aromatic heterocycles. The van der Waals surface area contributed by atoms with Crippen molar-refractivity contribution in [2.24, 2.45) is 5.92 Å². The lowest BCUT2D eigenvalue weighted by molar-refractivity contribution is 0.0802. The number of hydrogen-bond acceptors (Lipinski definition) is 6. The van der Waals surface area contributed by atoms with E-state index < -0.39 is 5.82 Å². The van der Waals surface area contributed by atoms with Gasteiger partial charge in [0.25, 0.3) is 0 Å². The Morgan fingerprint density at radius 2 is 2.16 bits per heavy atom. The molecule has 25 heavy (non-hydrogen) atoms. The zero-order valence-electron chi connectivity index (χ0n) is 14.2. The van der Waals surface area contributed by atoms with Gasteiger partial charge in [0.2, 0.25) is 5.95 Å². The summed E-state index contributed by atoms with van der Waals surface area (Å²) in [6.45, 7) is 6.22. The standard InChI is InChI=1S/C18H20FN5O/c1-11(2)16-10-25-6-5-24(16)17-8-15(22-18(21)23-17)12-3-4-13(9-20)14(19)7-12/h3-4,7-8,11,16H,5-6,10H2,1-2H3,(H2,21,22,23). The number of anilines is 2. The molecule has 0 aliphatic carbocycles. The summed E-state index contributed by atoms with van der Waals surface area (Å²) < 4.78 is 19.5. The Balaban J connectivity index is 2.01. The van der Waals surface area contributed by atoms with Crippen LogP contribution in [0.1, 0.15) is 19.4 Å². The lowest BCUT2D eigenvalue weighted by atomic mass is 10.0. The second-order valence-electron chi connectivity index (χ2n) is 6.36. The molecule has 0 radical (unpaired) electrons. The zero-order chi connectivity index (χ0) is 18.0. The first-order valence-corrected chi connectivity index (χ1v) is 8.18. The summed E-state index contributed by atoms with van der Waals surface area (Å²) in [4.78, 5) is 10.7. The van der Waals surface area contributed by atoms with E-state index in [1.54, 1.807) is 12.1 Å². The number of hydrogen-bond donors (Lipinski definition) is 1. The maximum Gasteiger partial charge on any atom is 0.222 e. The van der Waals surface area contributed by atoms with E-state index in [1.165, 1.54) is 12.1 Å². The van der Waals surface area contributed by atoms with Crippen molar-refractivity contribution in [2.45, 2.75) is 19.9 Å². The quantitative estimate of drug-likeness (QED) is 0.923. The van der Waals surface area contributed by atoms with Gasteiger partial charge in [-0.1, -0.05) is 19.9 Å². The highest BCUT2D eigenvalue weighted by atomic mass is 19.1. The fourth-order valence-electron chi connectivity index (χ4n) is 2.97. The van der Waals surface area contributed by atoms with Crippen LogP contribution >= 0.6 is 0 Å². The SMILES string of the molecule is CC(C)C1COCCN1c1cc(-c2ccc(C#N)c(F)c2)nc(N)n1. The van der Waals surface area contributed by atoms with Crippen molar-refractivity contribution < 1.29 is 9.13 Å². The number of aromatic nitrogens is 2. The zero-order valence-corrected chi connectivity index (χ0v) is 14.2. The number of nitrogen functional groups attached to an aromatic ring is 1. The Kier molecular flexibility index (Phi) is 4.81. The average Bonchev–Trinajstić information content (AvgIpc) is 2.61. The molecule has 0 bridgehead atoms. The van der Waals surface area contributed by atoms with Crippen LogP contribution in [-0.4, -0.2) is 35.8 Å². The van der Waals surface area contributed by atoms with E-state index in [0.717, 1.165) is 0 Å². The first kappa shape index (κ1) is 17.1. The van der Waals surface area contributed by atoms with Crippen molar-refractivity contribution in [3.8, 4) is 17.3 Å². The van der Waals surface area contributed by atoms with Gasteiger partial charge in [0.1, 0.15) is 17.7 Å². The Morgan fingerprint density at radius 3 is 2.84 bits per heavy atom. The minimum absolute atomic E-state index is 0.000877. The third kappa shape index (κ3) is 3.54. The molecule has 6 nitrogen and oxygen atoms in total. The highest BCUT2D eigenvalue weighted by molar-refractivity contribution is 5.65. The first-order valence-electron chi connectivity index (χ1n) is 8.18. The van der Waals surface area contributed by atoms with E-state index in [1.807, 2.05) is 6.07 Å². The van der Waals surface area contributed by atoms with Gasteiger partial charge < -0.3 is 15.4 Å². The molecule has 1 aliphatic heterocycles. The average molecular weight is 341 g/mol. The first-order chi connectivity index (χ1) is 12.0. The lowest BCUT2D eigenvalue weighted by Crippen LogP contribution is -2.48. The van der Waals surface area contributed by atoms with E-state index >= 15 is 0 Å². The molecule has 1 fully saturated rings. The molecular weight excluding hydrogens is 321 g/mol. The Bertz CT molecular complexity index is 818. The van der Waals surface area contributed by atoms with Crippen LogP contribution in [0.4, 0.5) is 16.2 Å². The van der Waals surface area contributed by atoms with Gasteiger partial charge >= 0.3 is 0 Å². The Labute approximate surface area is 146 Å². The number of morpholine rings is 1. The van der Waals surface area contributed by atoms with Gasteiger partial charge in [0.15, 0.2) is 0 Å². The lowest BCUT2D eigenvalue weighted by Gasteiger charge is -2.39. The van der Waals surface area contributed by atoms with E-state index in [0.29, 0.717) is 42.8 Å². The largest absolute Gasteiger partial charge is 0.377 e. The number of ether oxygens (including phenoxy) is 1. The van der Waals surface area contributed by atoms with Crippen molar-refractivity contribution in [2.75, 3.05) is 30.4 Å². The van der Waals surface area contributed by atoms with Crippen LogP contribution < -0.4 is 10.6 Å². The number of benzene rings is 1. The number of rotatable bonds is 3. The molecule has 2 heterocycles. The van der Waals surface area contributed by atoms with Crippen molar-refractivity contribution in [3.05, 3.63) is 35.6 Å². The monoisotopic (exact) mass is 341 g/mol. The van der Waals surface area contributed by atoms with Gasteiger partial charge in [0, 0.05) is 18.2 Å². The summed E-state index contributed by atoms with van der Waals surface area (Å²) in [6, 6.07) is 8.20. The Morgan fingerprint density at radius 1 is 1.36 bits per heavy atom. The van der Waals surface area contributed by atoms with Crippen molar-refractivity contribution in [1.82, 2.24) is 9.97 Å². The third-order valence-corrected chi connectivity index (χ3v) is 4.34. The fraction of sp³-hybridized carbons (Fsp3) is 0.389. The molecule has 1 aromatic carbocycles. The molecule has 130 valence electrons. The van der Waals surface area contributed by atoms with E-state index in [9.17, 15) is 4.39 Å². The summed E-state index contributed by atoms with van der Waals surface area (Å²) in [6.07, 6.45) is 0. The molecule has 1 atom stereocenters. The fourth-order valence-corrected chi connectivity index (χ4v) is 2.97. The van der Waals surface area contributed by atoms with Gasteiger partial charge in [-0.2, -0.15) is 10.2 Å². The molecule has 2 N–H and O–H groups in total. The van der Waals surface area contributed by atoms with Gasteiger partial charge in [-0.15, -0.1) is 0 Å². The molecule has 2 aromatic rings. The van der Waals surface area contributed by atoms with Crippen LogP contribution in [0.2, 0.25) is 0 Å². The maximum absolute atomic E-state index is 13.9. The summed E-state index contributed by atoms with van der Waals surface area (Å²) in [5, 5.41) is 8.87. The number of halogens is 1. The summed E-state index contributed by atoms with van der Waals surface area (Å²) in [5.74, 6) is 0.637. The minimum Gasteiger partial charge on any atom is -0.377 e. The molecule has 1 saturated heterocycles. The molecular formula is C18H20FN5O. The highest BCUT2D eigenvalue weighted by Crippen LogP contribution is 2.27. The van der Waals surface area contributed by atoms with Gasteiger partial charge in [-0.25, -0.2) is 9.37 Å². The molecule has 0 saturated carbocycles. The predicted octanol–water partition coefficient (Wildman–Crippen LogP) is 2.60. The third-order valence-electron chi connectivity index (χ3n) is 4.34. The second-order valence-corrected chi connectivity index (χ2v) is 6.36. The van der Waals surface area contributed by atoms with Crippen LogP contribution in [0, 0.1) is 23.1 Å². The van der Waals surface area contributed by atoms with E-state index in [2.05, 4.69) is 28.7 Å². The van der Waals surface area contributed by atoms with Crippen molar-refractivity contribution in [1.29, 1.82) is 5.26 Å².